The van der Waals surface area contributed by atoms with Gasteiger partial charge in [0.25, 0.3) is 5.91 Å². The van der Waals surface area contributed by atoms with Crippen molar-refractivity contribution >= 4 is 11.7 Å². The van der Waals surface area contributed by atoms with Crippen LogP contribution < -0.4 is 11.1 Å². The second kappa shape index (κ2) is 6.25. The molecule has 0 aromatic carbocycles. The molecule has 0 spiro atoms. The summed E-state index contributed by atoms with van der Waals surface area (Å²) in [6.07, 6.45) is 3.43. The molecule has 7 heteroatoms. The molecule has 0 aliphatic heterocycles. The topological polar surface area (TPSA) is 101 Å². The fourth-order valence-electron chi connectivity index (χ4n) is 1.45. The minimum Gasteiger partial charge on any atom is -0.349 e. The number of ketones is 1. The molecule has 1 heterocycles. The zero-order valence-electron chi connectivity index (χ0n) is 10.2. The number of amides is 1. The Kier molecular flexibility index (Phi) is 4.96. The van der Waals surface area contributed by atoms with Crippen LogP contribution in [0.5, 0.6) is 0 Å². The van der Waals surface area contributed by atoms with Gasteiger partial charge in [0, 0.05) is 24.9 Å². The Hall–Kier alpha value is -1.76. The van der Waals surface area contributed by atoms with Gasteiger partial charge in [-0.15, -0.1) is 0 Å². The van der Waals surface area contributed by atoms with E-state index in [0.29, 0.717) is 18.7 Å². The van der Waals surface area contributed by atoms with Crippen LogP contribution in [0.15, 0.2) is 12.5 Å². The Morgan fingerprint density at radius 2 is 2.33 bits per heavy atom. The molecule has 0 saturated carbocycles. The summed E-state index contributed by atoms with van der Waals surface area (Å²) in [5.74, 6) is -1.80. The molecular formula is C11H17FN4O2. The van der Waals surface area contributed by atoms with E-state index in [9.17, 15) is 14.0 Å². The van der Waals surface area contributed by atoms with Gasteiger partial charge in [-0.3, -0.25) is 9.59 Å². The summed E-state index contributed by atoms with van der Waals surface area (Å²) in [6.45, 7) is 1.10. The summed E-state index contributed by atoms with van der Waals surface area (Å²) in [5, 5.41) is 2.39. The number of imidazole rings is 1. The van der Waals surface area contributed by atoms with Crippen LogP contribution in [-0.2, 0) is 16.0 Å². The van der Waals surface area contributed by atoms with Gasteiger partial charge >= 0.3 is 0 Å². The average Bonchev–Trinajstić information content (AvgIpc) is 2.87. The molecule has 0 bridgehead atoms. The monoisotopic (exact) mass is 256 g/mol. The van der Waals surface area contributed by atoms with Gasteiger partial charge in [0.05, 0.1) is 6.33 Å². The smallest absolute Gasteiger partial charge is 0.289 e. The van der Waals surface area contributed by atoms with E-state index in [1.54, 1.807) is 0 Å². The maximum absolute atomic E-state index is 13.0. The lowest BCUT2D eigenvalue weighted by Crippen LogP contribution is -2.57. The quantitative estimate of drug-likeness (QED) is 0.584. The number of nitrogens with two attached hydrogens (primary N) is 1. The van der Waals surface area contributed by atoms with Crippen molar-refractivity contribution in [2.75, 3.05) is 13.2 Å². The summed E-state index contributed by atoms with van der Waals surface area (Å²) < 4.78 is 13.0. The van der Waals surface area contributed by atoms with Crippen LogP contribution in [0.25, 0.3) is 0 Å². The number of hydrogen-bond acceptors (Lipinski definition) is 4. The van der Waals surface area contributed by atoms with Crippen LogP contribution in [0.2, 0.25) is 0 Å². The number of Topliss-reactive ketones (excluding diaryl/α,β-unsaturated/α-hetero) is 1. The van der Waals surface area contributed by atoms with Crippen molar-refractivity contribution in [2.24, 2.45) is 5.73 Å². The van der Waals surface area contributed by atoms with Crippen molar-refractivity contribution in [3.05, 3.63) is 18.2 Å². The van der Waals surface area contributed by atoms with Gasteiger partial charge in [-0.1, -0.05) is 6.92 Å². The molecule has 1 aromatic rings. The third-order valence-electron chi connectivity index (χ3n) is 2.49. The molecule has 0 radical (unpaired) electrons. The van der Waals surface area contributed by atoms with Crippen LogP contribution >= 0.6 is 0 Å². The molecule has 4 N–H and O–H groups in total. The lowest BCUT2D eigenvalue weighted by molar-refractivity contribution is -0.141. The number of H-pyrrole nitrogens is 1. The third-order valence-corrected chi connectivity index (χ3v) is 2.49. The van der Waals surface area contributed by atoms with E-state index < -0.39 is 23.9 Å². The van der Waals surface area contributed by atoms with Gasteiger partial charge < -0.3 is 16.0 Å². The molecule has 1 amide bonds. The number of carbonyl (C=O) groups is 2. The minimum atomic E-state index is -1.84. The van der Waals surface area contributed by atoms with Crippen molar-refractivity contribution in [1.29, 1.82) is 0 Å². The van der Waals surface area contributed by atoms with E-state index in [1.807, 2.05) is 6.92 Å². The average molecular weight is 256 g/mol. The van der Waals surface area contributed by atoms with Gasteiger partial charge in [0.2, 0.25) is 5.78 Å². The number of nitrogens with zero attached hydrogens (tertiary/aromatic N) is 1. The molecular weight excluding hydrogens is 239 g/mol. The van der Waals surface area contributed by atoms with E-state index in [0.717, 1.165) is 0 Å². The highest BCUT2D eigenvalue weighted by Gasteiger charge is 2.39. The van der Waals surface area contributed by atoms with Gasteiger partial charge in [0.15, 0.2) is 0 Å². The summed E-state index contributed by atoms with van der Waals surface area (Å²) >= 11 is 0. The highest BCUT2D eigenvalue weighted by atomic mass is 19.1. The SMILES string of the molecule is CCCNC(=O)C(=O)C(N)(CF)Cc1cnc[nH]1. The van der Waals surface area contributed by atoms with Gasteiger partial charge in [-0.05, 0) is 6.42 Å². The lowest BCUT2D eigenvalue weighted by Gasteiger charge is -2.23. The normalized spacial score (nSPS) is 13.9. The molecule has 18 heavy (non-hydrogen) atoms. The number of aromatic nitrogens is 2. The maximum Gasteiger partial charge on any atom is 0.289 e. The van der Waals surface area contributed by atoms with E-state index in [-0.39, 0.29) is 6.42 Å². The number of hydrogen-bond donors (Lipinski definition) is 3. The van der Waals surface area contributed by atoms with Crippen molar-refractivity contribution in [2.45, 2.75) is 25.3 Å². The molecule has 1 aromatic heterocycles. The maximum atomic E-state index is 13.0. The van der Waals surface area contributed by atoms with Gasteiger partial charge in [0.1, 0.15) is 12.2 Å². The molecule has 1 unspecified atom stereocenters. The zero-order chi connectivity index (χ0) is 13.6. The van der Waals surface area contributed by atoms with Gasteiger partial charge in [-0.2, -0.15) is 0 Å². The van der Waals surface area contributed by atoms with Crippen molar-refractivity contribution < 1.29 is 14.0 Å². The van der Waals surface area contributed by atoms with Crippen LogP contribution in [0, 0.1) is 0 Å². The molecule has 0 saturated heterocycles. The molecule has 0 aliphatic rings. The number of rotatable bonds is 7. The number of carbonyl (C=O) groups excluding carboxylic acids is 2. The van der Waals surface area contributed by atoms with E-state index in [1.165, 1.54) is 12.5 Å². The second-order valence-electron chi connectivity index (χ2n) is 4.13. The third kappa shape index (κ3) is 3.36. The first-order valence-electron chi connectivity index (χ1n) is 5.68. The molecule has 1 atom stereocenters. The Bertz CT molecular complexity index is 407. The summed E-state index contributed by atoms with van der Waals surface area (Å²) in [6, 6.07) is 0. The molecule has 100 valence electrons. The van der Waals surface area contributed by atoms with E-state index >= 15 is 0 Å². The first-order valence-corrected chi connectivity index (χ1v) is 5.68. The van der Waals surface area contributed by atoms with Crippen LogP contribution in [0.1, 0.15) is 19.0 Å². The molecule has 1 rings (SSSR count). The Morgan fingerprint density at radius 3 is 2.83 bits per heavy atom. The predicted octanol–water partition coefficient (Wildman–Crippen LogP) is -0.285. The Balaban J connectivity index is 2.74. The highest BCUT2D eigenvalue weighted by molar-refractivity contribution is 6.39. The fraction of sp³-hybridized carbons (Fsp3) is 0.545. The first-order chi connectivity index (χ1) is 8.53. The van der Waals surface area contributed by atoms with Gasteiger partial charge in [-0.25, -0.2) is 9.37 Å². The first kappa shape index (κ1) is 14.3. The molecule has 0 aliphatic carbocycles. The number of halogens is 1. The highest BCUT2D eigenvalue weighted by Crippen LogP contribution is 2.11. The Morgan fingerprint density at radius 1 is 1.61 bits per heavy atom. The second-order valence-corrected chi connectivity index (χ2v) is 4.13. The zero-order valence-corrected chi connectivity index (χ0v) is 10.2. The van der Waals surface area contributed by atoms with E-state index in [4.69, 9.17) is 5.73 Å². The minimum absolute atomic E-state index is 0.0954. The van der Waals surface area contributed by atoms with Crippen LogP contribution in [0.3, 0.4) is 0 Å². The number of alkyl halides is 1. The molecule has 6 nitrogen and oxygen atoms in total. The van der Waals surface area contributed by atoms with Crippen LogP contribution in [0.4, 0.5) is 4.39 Å². The van der Waals surface area contributed by atoms with Crippen molar-refractivity contribution in [3.63, 3.8) is 0 Å². The van der Waals surface area contributed by atoms with Crippen LogP contribution in [-0.4, -0.2) is 40.4 Å². The predicted molar refractivity (Wildman–Crippen MR) is 63.5 cm³/mol. The number of aromatic amines is 1. The van der Waals surface area contributed by atoms with Crippen molar-refractivity contribution in [3.8, 4) is 0 Å². The summed E-state index contributed by atoms with van der Waals surface area (Å²) in [4.78, 5) is 29.8. The lowest BCUT2D eigenvalue weighted by atomic mass is 9.90. The van der Waals surface area contributed by atoms with Crippen molar-refractivity contribution in [1.82, 2.24) is 15.3 Å². The largest absolute Gasteiger partial charge is 0.349 e. The van der Waals surface area contributed by atoms with E-state index in [2.05, 4.69) is 15.3 Å². The fourth-order valence-corrected chi connectivity index (χ4v) is 1.45. The summed E-state index contributed by atoms with van der Waals surface area (Å²) in [7, 11) is 0. The Labute approximate surface area is 104 Å². The standard InChI is InChI=1S/C11H17FN4O2/c1-2-3-15-10(18)9(17)11(13,6-12)4-8-5-14-7-16-8/h5,7H,2-4,6,13H2,1H3,(H,14,16)(H,15,18). The molecule has 0 fully saturated rings. The summed E-state index contributed by atoms with van der Waals surface area (Å²) in [5.41, 5.74) is 4.33. The number of nitrogens with one attached hydrogen (secondary N) is 2.